The van der Waals surface area contributed by atoms with Crippen LogP contribution in [-0.4, -0.2) is 15.1 Å². The fourth-order valence-electron chi connectivity index (χ4n) is 0.859. The first kappa shape index (κ1) is 6.36. The van der Waals surface area contributed by atoms with Crippen LogP contribution in [0.15, 0.2) is 16.4 Å². The quantitative estimate of drug-likeness (QED) is 0.608. The Hall–Kier alpha value is -1.36. The second-order valence-electron chi connectivity index (χ2n) is 2.05. The lowest BCUT2D eigenvalue weighted by atomic mass is 10.4. The van der Waals surface area contributed by atoms with Crippen LogP contribution in [0.1, 0.15) is 0 Å². The van der Waals surface area contributed by atoms with Crippen LogP contribution in [0.2, 0.25) is 0 Å². The van der Waals surface area contributed by atoms with Gasteiger partial charge in [-0.05, 0) is 0 Å². The Kier molecular flexibility index (Phi) is 1.19. The third-order valence-corrected chi connectivity index (χ3v) is 2.16. The molecule has 2 heterocycles. The number of H-pyrrole nitrogens is 1. The molecule has 11 heavy (non-hydrogen) atoms. The Bertz CT molecular complexity index is 445. The van der Waals surface area contributed by atoms with E-state index in [1.807, 2.05) is 0 Å². The number of hydrogen-bond donors (Lipinski definition) is 2. The van der Waals surface area contributed by atoms with Crippen LogP contribution in [0, 0.1) is 0 Å². The number of hydrogen-bond acceptors (Lipinski definition) is 4. The van der Waals surface area contributed by atoms with Crippen molar-refractivity contribution in [2.45, 2.75) is 0 Å². The number of nitrogens with one attached hydrogen (secondary N) is 1. The van der Waals surface area contributed by atoms with Crippen molar-refractivity contribution in [3.63, 3.8) is 0 Å². The van der Waals surface area contributed by atoms with Gasteiger partial charge in [0.2, 0.25) is 0 Å². The van der Waals surface area contributed by atoms with Gasteiger partial charge in [-0.1, -0.05) is 0 Å². The Morgan fingerprint density at radius 1 is 1.64 bits per heavy atom. The summed E-state index contributed by atoms with van der Waals surface area (Å²) < 4.78 is 0.615. The molecule has 2 rings (SSSR count). The Morgan fingerprint density at radius 2 is 2.45 bits per heavy atom. The first-order valence-electron chi connectivity index (χ1n) is 2.93. The molecule has 2 aromatic rings. The smallest absolute Gasteiger partial charge is 0.253 e. The summed E-state index contributed by atoms with van der Waals surface area (Å²) in [6.45, 7) is 0. The van der Waals surface area contributed by atoms with E-state index in [0.29, 0.717) is 10.3 Å². The molecule has 0 saturated carbocycles. The molecule has 0 aromatic carbocycles. The third-order valence-electron chi connectivity index (χ3n) is 1.31. The number of thiazole rings is 1. The SMILES string of the molecule is O=c1cc(O)c2scnc2[nH]1. The minimum Gasteiger partial charge on any atom is -0.506 e. The summed E-state index contributed by atoms with van der Waals surface area (Å²) in [4.78, 5) is 17.1. The standard InChI is InChI=1S/C6H4N2O2S/c9-3-1-4(10)8-6-5(3)11-2-7-6/h1-2H,(H2,8,9,10). The Morgan fingerprint density at radius 3 is 3.27 bits per heavy atom. The predicted octanol–water partition coefficient (Wildman–Crippen LogP) is 0.690. The zero-order valence-electron chi connectivity index (χ0n) is 5.37. The van der Waals surface area contributed by atoms with Crippen LogP contribution in [-0.2, 0) is 0 Å². The molecule has 2 aromatic heterocycles. The zero-order chi connectivity index (χ0) is 7.84. The topological polar surface area (TPSA) is 66.0 Å². The van der Waals surface area contributed by atoms with E-state index in [0.717, 1.165) is 6.07 Å². The van der Waals surface area contributed by atoms with Crippen LogP contribution >= 0.6 is 11.3 Å². The highest BCUT2D eigenvalue weighted by atomic mass is 32.1. The lowest BCUT2D eigenvalue weighted by molar-refractivity contribution is 0.481. The zero-order valence-corrected chi connectivity index (χ0v) is 6.18. The number of aromatic nitrogens is 2. The highest BCUT2D eigenvalue weighted by Gasteiger charge is 2.02. The van der Waals surface area contributed by atoms with Crippen molar-refractivity contribution in [1.29, 1.82) is 0 Å². The molecule has 0 amide bonds. The molecule has 0 fully saturated rings. The number of fused-ring (bicyclic) bond motifs is 1. The van der Waals surface area contributed by atoms with Gasteiger partial charge in [0, 0.05) is 6.07 Å². The molecule has 0 aliphatic heterocycles. The van der Waals surface area contributed by atoms with Crippen LogP contribution in [0.3, 0.4) is 0 Å². The molecule has 0 radical (unpaired) electrons. The normalized spacial score (nSPS) is 10.5. The van der Waals surface area contributed by atoms with Gasteiger partial charge in [0.1, 0.15) is 10.4 Å². The molecule has 56 valence electrons. The number of pyridine rings is 1. The minimum atomic E-state index is -0.332. The van der Waals surface area contributed by atoms with E-state index >= 15 is 0 Å². The third kappa shape index (κ3) is 0.894. The van der Waals surface area contributed by atoms with Gasteiger partial charge >= 0.3 is 0 Å². The average molecular weight is 168 g/mol. The second kappa shape index (κ2) is 2.06. The van der Waals surface area contributed by atoms with Gasteiger partial charge in [0.15, 0.2) is 5.65 Å². The molecule has 0 aliphatic carbocycles. The van der Waals surface area contributed by atoms with Crippen molar-refractivity contribution < 1.29 is 5.11 Å². The van der Waals surface area contributed by atoms with Crippen molar-refractivity contribution in [2.24, 2.45) is 0 Å². The summed E-state index contributed by atoms with van der Waals surface area (Å²) in [7, 11) is 0. The van der Waals surface area contributed by atoms with E-state index in [9.17, 15) is 9.90 Å². The monoisotopic (exact) mass is 168 g/mol. The number of aromatic amines is 1. The van der Waals surface area contributed by atoms with Gasteiger partial charge in [-0.3, -0.25) is 4.79 Å². The van der Waals surface area contributed by atoms with Gasteiger partial charge in [0.25, 0.3) is 5.56 Å². The van der Waals surface area contributed by atoms with Gasteiger partial charge in [-0.15, -0.1) is 11.3 Å². The number of nitrogens with zero attached hydrogens (tertiary/aromatic N) is 1. The van der Waals surface area contributed by atoms with Gasteiger partial charge in [0.05, 0.1) is 5.51 Å². The Balaban J connectivity index is 3.02. The van der Waals surface area contributed by atoms with E-state index < -0.39 is 0 Å². The molecule has 0 atom stereocenters. The number of rotatable bonds is 0. The highest BCUT2D eigenvalue weighted by Crippen LogP contribution is 2.23. The summed E-state index contributed by atoms with van der Waals surface area (Å²) >= 11 is 1.29. The summed E-state index contributed by atoms with van der Waals surface area (Å²) in [5.74, 6) is -0.00810. The fraction of sp³-hybridized carbons (Fsp3) is 0. The molecular formula is C6H4N2O2S. The van der Waals surface area contributed by atoms with Crippen LogP contribution in [0.25, 0.3) is 10.3 Å². The largest absolute Gasteiger partial charge is 0.506 e. The van der Waals surface area contributed by atoms with Gasteiger partial charge in [-0.25, -0.2) is 4.98 Å². The molecule has 0 bridgehead atoms. The van der Waals surface area contributed by atoms with E-state index in [1.165, 1.54) is 11.3 Å². The van der Waals surface area contributed by atoms with Crippen molar-refractivity contribution in [3.8, 4) is 5.75 Å². The molecule has 5 heteroatoms. The van der Waals surface area contributed by atoms with Crippen molar-refractivity contribution >= 4 is 21.7 Å². The predicted molar refractivity (Wildman–Crippen MR) is 41.9 cm³/mol. The molecule has 0 unspecified atom stereocenters. The van der Waals surface area contributed by atoms with Gasteiger partial charge in [-0.2, -0.15) is 0 Å². The summed E-state index contributed by atoms with van der Waals surface area (Å²) in [6.07, 6.45) is 0. The fourth-order valence-corrected chi connectivity index (χ4v) is 1.52. The summed E-state index contributed by atoms with van der Waals surface area (Å²) in [5.41, 5.74) is 1.68. The summed E-state index contributed by atoms with van der Waals surface area (Å²) in [6, 6.07) is 1.14. The van der Waals surface area contributed by atoms with E-state index in [1.54, 1.807) is 5.51 Å². The minimum absolute atomic E-state index is 0.00810. The summed E-state index contributed by atoms with van der Waals surface area (Å²) in [5, 5.41) is 9.19. The average Bonchev–Trinajstić information content (AvgIpc) is 2.34. The first-order chi connectivity index (χ1) is 5.27. The van der Waals surface area contributed by atoms with Crippen molar-refractivity contribution in [2.75, 3.05) is 0 Å². The van der Waals surface area contributed by atoms with Crippen LogP contribution in [0.5, 0.6) is 5.75 Å². The van der Waals surface area contributed by atoms with Crippen molar-refractivity contribution in [3.05, 3.63) is 21.9 Å². The maximum absolute atomic E-state index is 10.8. The number of aromatic hydroxyl groups is 1. The molecular weight excluding hydrogens is 164 g/mol. The maximum atomic E-state index is 10.8. The van der Waals surface area contributed by atoms with E-state index in [2.05, 4.69) is 9.97 Å². The lowest BCUT2D eigenvalue weighted by Crippen LogP contribution is -2.02. The lowest BCUT2D eigenvalue weighted by Gasteiger charge is -1.89. The van der Waals surface area contributed by atoms with Gasteiger partial charge < -0.3 is 10.1 Å². The van der Waals surface area contributed by atoms with E-state index in [-0.39, 0.29) is 11.3 Å². The molecule has 0 spiro atoms. The molecule has 0 saturated heterocycles. The van der Waals surface area contributed by atoms with Crippen LogP contribution < -0.4 is 5.56 Å². The van der Waals surface area contributed by atoms with E-state index in [4.69, 9.17) is 0 Å². The Labute approximate surface area is 65.1 Å². The highest BCUT2D eigenvalue weighted by molar-refractivity contribution is 7.17. The molecule has 0 aliphatic rings. The maximum Gasteiger partial charge on any atom is 0.253 e. The second-order valence-corrected chi connectivity index (χ2v) is 2.90. The van der Waals surface area contributed by atoms with Crippen molar-refractivity contribution in [1.82, 2.24) is 9.97 Å². The molecule has 2 N–H and O–H groups in total. The molecule has 4 nitrogen and oxygen atoms in total. The van der Waals surface area contributed by atoms with Crippen LogP contribution in [0.4, 0.5) is 0 Å². The first-order valence-corrected chi connectivity index (χ1v) is 3.81.